The molecule has 2 heterocycles. The number of Topliss-reactive ketones (excluding diaryl/α,β-unsaturated/α-hetero) is 1. The number of para-hydroxylation sites is 1. The van der Waals surface area contributed by atoms with Gasteiger partial charge in [-0.25, -0.2) is 0 Å². The standard InChI is InChI=1S/C17H14N2O5S2/c18-15-10(14(22)9-4-1-2-5-11(9)24-15)8-12-16(23)19(17(25)26-12)7-3-6-13(20)21/h1-2,4-5,8,18,23H,3,6-7H2,(H,20,21). The van der Waals surface area contributed by atoms with Crippen LogP contribution in [0.25, 0.3) is 6.08 Å². The highest BCUT2D eigenvalue weighted by Crippen LogP contribution is 2.33. The lowest BCUT2D eigenvalue weighted by molar-refractivity contribution is -0.137. The van der Waals surface area contributed by atoms with Crippen molar-refractivity contribution in [1.29, 1.82) is 5.41 Å². The highest BCUT2D eigenvalue weighted by molar-refractivity contribution is 7.73. The van der Waals surface area contributed by atoms with E-state index in [2.05, 4.69) is 0 Å². The molecule has 3 N–H and O–H groups in total. The third-order valence-corrected chi connectivity index (χ3v) is 5.16. The van der Waals surface area contributed by atoms with Gasteiger partial charge in [-0.05, 0) is 36.8 Å². The van der Waals surface area contributed by atoms with Crippen molar-refractivity contribution in [3.63, 3.8) is 0 Å². The van der Waals surface area contributed by atoms with Crippen molar-refractivity contribution >= 4 is 47.3 Å². The molecule has 9 heteroatoms. The molecule has 1 aliphatic rings. The van der Waals surface area contributed by atoms with E-state index >= 15 is 0 Å². The second kappa shape index (κ2) is 7.22. The summed E-state index contributed by atoms with van der Waals surface area (Å²) in [4.78, 5) is 23.6. The van der Waals surface area contributed by atoms with Crippen LogP contribution in [-0.2, 0) is 11.3 Å². The van der Waals surface area contributed by atoms with Gasteiger partial charge in [0.1, 0.15) is 5.75 Å². The third kappa shape index (κ3) is 3.44. The number of carboxylic acid groups (broad SMARTS) is 1. The van der Waals surface area contributed by atoms with Crippen LogP contribution in [0.1, 0.15) is 28.1 Å². The molecule has 0 fully saturated rings. The van der Waals surface area contributed by atoms with Gasteiger partial charge in [-0.15, -0.1) is 11.3 Å². The summed E-state index contributed by atoms with van der Waals surface area (Å²) in [5.74, 6) is -1.43. The Labute approximate surface area is 157 Å². The van der Waals surface area contributed by atoms with E-state index in [1.165, 1.54) is 10.6 Å². The summed E-state index contributed by atoms with van der Waals surface area (Å²) in [6.45, 7) is 0.251. The van der Waals surface area contributed by atoms with Gasteiger partial charge in [0.05, 0.1) is 16.0 Å². The predicted octanol–water partition coefficient (Wildman–Crippen LogP) is 3.49. The van der Waals surface area contributed by atoms with Crippen LogP contribution in [0.15, 0.2) is 29.8 Å². The molecule has 2 aromatic rings. The number of hydrogen-bond acceptors (Lipinski definition) is 7. The minimum Gasteiger partial charge on any atom is -0.493 e. The predicted molar refractivity (Wildman–Crippen MR) is 98.8 cm³/mol. The van der Waals surface area contributed by atoms with E-state index in [1.54, 1.807) is 24.3 Å². The molecule has 1 aromatic heterocycles. The van der Waals surface area contributed by atoms with Gasteiger partial charge < -0.3 is 14.9 Å². The summed E-state index contributed by atoms with van der Waals surface area (Å²) >= 11 is 6.28. The van der Waals surface area contributed by atoms with Crippen LogP contribution in [0.5, 0.6) is 11.6 Å². The summed E-state index contributed by atoms with van der Waals surface area (Å²) in [5, 5.41) is 27.0. The van der Waals surface area contributed by atoms with Gasteiger partial charge in [0.2, 0.25) is 17.6 Å². The van der Waals surface area contributed by atoms with Crippen LogP contribution in [0.3, 0.4) is 0 Å². The normalized spacial score (nSPS) is 15.0. The van der Waals surface area contributed by atoms with Crippen molar-refractivity contribution in [2.75, 3.05) is 0 Å². The van der Waals surface area contributed by atoms with E-state index in [0.29, 0.717) is 26.6 Å². The van der Waals surface area contributed by atoms with E-state index in [4.69, 9.17) is 27.5 Å². The molecule has 7 nitrogen and oxygen atoms in total. The lowest BCUT2D eigenvalue weighted by Crippen LogP contribution is -2.24. The molecule has 0 unspecified atom stereocenters. The Balaban J connectivity index is 1.93. The van der Waals surface area contributed by atoms with Gasteiger partial charge >= 0.3 is 5.97 Å². The zero-order chi connectivity index (χ0) is 18.8. The summed E-state index contributed by atoms with van der Waals surface area (Å²) < 4.78 is 7.15. The van der Waals surface area contributed by atoms with Crippen LogP contribution in [0.4, 0.5) is 0 Å². The molecular formula is C17H14N2O5S2. The number of thiazole rings is 1. The number of ketones is 1. The van der Waals surface area contributed by atoms with Crippen molar-refractivity contribution < 1.29 is 24.5 Å². The molecule has 0 amide bonds. The molecule has 0 atom stereocenters. The fraction of sp³-hybridized carbons (Fsp3) is 0.176. The lowest BCUT2D eigenvalue weighted by atomic mass is 9.99. The number of carbonyl (C=O) groups is 2. The number of benzene rings is 1. The Hall–Kier alpha value is -2.78. The highest BCUT2D eigenvalue weighted by atomic mass is 32.1. The molecule has 0 spiro atoms. The van der Waals surface area contributed by atoms with Gasteiger partial charge in [-0.3, -0.25) is 19.6 Å². The smallest absolute Gasteiger partial charge is 0.303 e. The first-order chi connectivity index (χ1) is 12.4. The fourth-order valence-corrected chi connectivity index (χ4v) is 3.81. The van der Waals surface area contributed by atoms with Crippen LogP contribution < -0.4 is 4.74 Å². The Morgan fingerprint density at radius 3 is 2.85 bits per heavy atom. The number of aromatic hydroxyl groups is 1. The van der Waals surface area contributed by atoms with Crippen LogP contribution in [0.2, 0.25) is 0 Å². The van der Waals surface area contributed by atoms with E-state index < -0.39 is 5.97 Å². The largest absolute Gasteiger partial charge is 0.493 e. The molecular weight excluding hydrogens is 376 g/mol. The van der Waals surface area contributed by atoms with Gasteiger partial charge in [0.15, 0.2) is 3.95 Å². The molecule has 0 saturated carbocycles. The number of fused-ring (bicyclic) bond motifs is 1. The number of nitrogens with zero attached hydrogens (tertiary/aromatic N) is 1. The number of rotatable bonds is 5. The SMILES string of the molecule is N=C1Oc2ccccc2C(=O)C1=Cc1sc(=S)n(CCCC(=O)O)c1O. The Morgan fingerprint density at radius 2 is 2.12 bits per heavy atom. The summed E-state index contributed by atoms with van der Waals surface area (Å²) in [6, 6.07) is 6.63. The number of carbonyl (C=O) groups excluding carboxylic acids is 1. The van der Waals surface area contributed by atoms with Gasteiger partial charge in [-0.2, -0.15) is 0 Å². The number of nitrogens with one attached hydrogen (secondary N) is 1. The van der Waals surface area contributed by atoms with E-state index in [0.717, 1.165) is 11.3 Å². The van der Waals surface area contributed by atoms with Crippen molar-refractivity contribution in [3.05, 3.63) is 44.2 Å². The summed E-state index contributed by atoms with van der Waals surface area (Å²) in [6.07, 6.45) is 1.65. The maximum Gasteiger partial charge on any atom is 0.303 e. The lowest BCUT2D eigenvalue weighted by Gasteiger charge is -2.18. The number of aliphatic carboxylic acids is 1. The quantitative estimate of drug-likeness (QED) is 0.532. The molecule has 0 saturated heterocycles. The maximum absolute atomic E-state index is 12.6. The summed E-state index contributed by atoms with van der Waals surface area (Å²) in [5.41, 5.74) is 0.367. The average Bonchev–Trinajstić information content (AvgIpc) is 2.85. The average molecular weight is 390 g/mol. The zero-order valence-electron chi connectivity index (χ0n) is 13.4. The zero-order valence-corrected chi connectivity index (χ0v) is 15.0. The molecule has 134 valence electrons. The molecule has 3 rings (SSSR count). The summed E-state index contributed by atoms with van der Waals surface area (Å²) in [7, 11) is 0. The fourth-order valence-electron chi connectivity index (χ4n) is 2.51. The molecule has 1 aliphatic heterocycles. The highest BCUT2D eigenvalue weighted by Gasteiger charge is 2.28. The number of aromatic nitrogens is 1. The Bertz CT molecular complexity index is 1000. The molecule has 0 bridgehead atoms. The van der Waals surface area contributed by atoms with Crippen molar-refractivity contribution in [3.8, 4) is 11.6 Å². The number of hydrogen-bond donors (Lipinski definition) is 3. The molecule has 26 heavy (non-hydrogen) atoms. The molecule has 0 aliphatic carbocycles. The number of ether oxygens (including phenoxy) is 1. The minimum atomic E-state index is -0.925. The first-order valence-corrected chi connectivity index (χ1v) is 8.87. The van der Waals surface area contributed by atoms with Gasteiger partial charge in [0.25, 0.3) is 0 Å². The van der Waals surface area contributed by atoms with Crippen LogP contribution in [0, 0.1) is 9.36 Å². The van der Waals surface area contributed by atoms with Gasteiger partial charge in [0, 0.05) is 13.0 Å². The van der Waals surface area contributed by atoms with Crippen molar-refractivity contribution in [2.24, 2.45) is 0 Å². The second-order valence-electron chi connectivity index (χ2n) is 5.52. The first kappa shape index (κ1) is 18.0. The van der Waals surface area contributed by atoms with E-state index in [1.807, 2.05) is 0 Å². The molecule has 1 aromatic carbocycles. The first-order valence-electron chi connectivity index (χ1n) is 7.65. The van der Waals surface area contributed by atoms with Crippen LogP contribution >= 0.6 is 23.6 Å². The third-order valence-electron chi connectivity index (χ3n) is 3.77. The monoisotopic (exact) mass is 390 g/mol. The molecule has 0 radical (unpaired) electrons. The second-order valence-corrected chi connectivity index (χ2v) is 7.20. The topological polar surface area (TPSA) is 113 Å². The Morgan fingerprint density at radius 1 is 1.38 bits per heavy atom. The Kier molecular flexibility index (Phi) is 5.01. The van der Waals surface area contributed by atoms with E-state index in [9.17, 15) is 14.7 Å². The maximum atomic E-state index is 12.6. The van der Waals surface area contributed by atoms with Crippen molar-refractivity contribution in [1.82, 2.24) is 4.57 Å². The minimum absolute atomic E-state index is 0.0212. The van der Waals surface area contributed by atoms with E-state index in [-0.39, 0.29) is 36.1 Å². The van der Waals surface area contributed by atoms with Crippen LogP contribution in [-0.4, -0.2) is 32.4 Å². The van der Waals surface area contributed by atoms with Crippen molar-refractivity contribution in [2.45, 2.75) is 19.4 Å². The van der Waals surface area contributed by atoms with Gasteiger partial charge in [-0.1, -0.05) is 12.1 Å². The number of carboxylic acids is 1.